The Hall–Kier alpha value is -1.42. The summed E-state index contributed by atoms with van der Waals surface area (Å²) >= 11 is 1.95. The number of thioether (sulfide) groups is 1. The number of H-pyrrole nitrogens is 1. The molecule has 1 aliphatic heterocycles. The minimum atomic E-state index is 0.490. The van der Waals surface area contributed by atoms with Crippen LogP contribution in [0.3, 0.4) is 0 Å². The molecule has 0 amide bonds. The van der Waals surface area contributed by atoms with Crippen LogP contribution in [0.1, 0.15) is 17.7 Å². The Balaban J connectivity index is 2.06. The molecule has 2 aromatic rings. The molecule has 1 aromatic carbocycles. The SMILES string of the molecule is Cc1[nH]c(N)nc1-c1ccc2c(c1)CCCS2. The minimum absolute atomic E-state index is 0.490. The maximum absolute atomic E-state index is 5.68. The number of nitrogens with one attached hydrogen (secondary N) is 1. The predicted octanol–water partition coefficient (Wildman–Crippen LogP) is 3.01. The third kappa shape index (κ3) is 1.93. The van der Waals surface area contributed by atoms with E-state index in [2.05, 4.69) is 28.2 Å². The zero-order valence-corrected chi connectivity index (χ0v) is 10.6. The van der Waals surface area contributed by atoms with Gasteiger partial charge in [0.25, 0.3) is 0 Å². The number of aryl methyl sites for hydroxylation is 2. The number of fused-ring (bicyclic) bond motifs is 1. The number of aromatic nitrogens is 2. The van der Waals surface area contributed by atoms with E-state index in [1.165, 1.54) is 29.1 Å². The van der Waals surface area contributed by atoms with E-state index in [0.717, 1.165) is 17.0 Å². The molecule has 3 rings (SSSR count). The second-order valence-corrected chi connectivity index (χ2v) is 5.51. The van der Waals surface area contributed by atoms with Crippen LogP contribution >= 0.6 is 11.8 Å². The maximum Gasteiger partial charge on any atom is 0.198 e. The Morgan fingerprint density at radius 2 is 2.29 bits per heavy atom. The average molecular weight is 245 g/mol. The number of aromatic amines is 1. The second kappa shape index (κ2) is 4.11. The number of imidazole rings is 1. The molecule has 4 heteroatoms. The quantitative estimate of drug-likeness (QED) is 0.812. The van der Waals surface area contributed by atoms with E-state index >= 15 is 0 Å². The molecular formula is C13H15N3S. The van der Waals surface area contributed by atoms with Gasteiger partial charge in [-0.1, -0.05) is 6.07 Å². The Labute approximate surface area is 105 Å². The zero-order valence-electron chi connectivity index (χ0n) is 9.79. The van der Waals surface area contributed by atoms with Gasteiger partial charge in [-0.2, -0.15) is 0 Å². The van der Waals surface area contributed by atoms with Gasteiger partial charge in [0.2, 0.25) is 0 Å². The number of anilines is 1. The van der Waals surface area contributed by atoms with E-state index in [9.17, 15) is 0 Å². The van der Waals surface area contributed by atoms with Gasteiger partial charge in [-0.15, -0.1) is 11.8 Å². The van der Waals surface area contributed by atoms with Crippen molar-refractivity contribution in [3.05, 3.63) is 29.5 Å². The van der Waals surface area contributed by atoms with Crippen LogP contribution < -0.4 is 5.73 Å². The standard InChI is InChI=1S/C13H15N3S/c1-8-12(16-13(14)15-8)10-4-5-11-9(7-10)3-2-6-17-11/h4-5,7H,2-3,6H2,1H3,(H3,14,15,16). The summed E-state index contributed by atoms with van der Waals surface area (Å²) in [5, 5.41) is 0. The molecule has 3 N–H and O–H groups in total. The first kappa shape index (κ1) is 10.7. The number of nitrogens with zero attached hydrogens (tertiary/aromatic N) is 1. The van der Waals surface area contributed by atoms with Crippen molar-refractivity contribution in [2.45, 2.75) is 24.7 Å². The first-order valence-electron chi connectivity index (χ1n) is 5.82. The van der Waals surface area contributed by atoms with Crippen molar-refractivity contribution >= 4 is 17.7 Å². The summed E-state index contributed by atoms with van der Waals surface area (Å²) in [6.45, 7) is 2.01. The topological polar surface area (TPSA) is 54.7 Å². The van der Waals surface area contributed by atoms with Crippen LogP contribution in [0, 0.1) is 6.92 Å². The van der Waals surface area contributed by atoms with Crippen LogP contribution in [0.15, 0.2) is 23.1 Å². The smallest absolute Gasteiger partial charge is 0.198 e. The third-order valence-electron chi connectivity index (χ3n) is 3.08. The van der Waals surface area contributed by atoms with E-state index in [1.807, 2.05) is 18.7 Å². The molecule has 1 aromatic heterocycles. The summed E-state index contributed by atoms with van der Waals surface area (Å²) in [5.74, 6) is 1.73. The van der Waals surface area contributed by atoms with Crippen molar-refractivity contribution in [3.63, 3.8) is 0 Å². The van der Waals surface area contributed by atoms with Crippen LogP contribution in [-0.4, -0.2) is 15.7 Å². The fraction of sp³-hybridized carbons (Fsp3) is 0.308. The highest BCUT2D eigenvalue weighted by atomic mass is 32.2. The molecule has 0 aliphatic carbocycles. The Kier molecular flexibility index (Phi) is 2.59. The van der Waals surface area contributed by atoms with Gasteiger partial charge in [-0.3, -0.25) is 0 Å². The molecule has 0 radical (unpaired) electrons. The number of hydrogen-bond donors (Lipinski definition) is 2. The number of rotatable bonds is 1. The summed E-state index contributed by atoms with van der Waals surface area (Å²) in [6.07, 6.45) is 2.44. The summed E-state index contributed by atoms with van der Waals surface area (Å²) in [5.41, 5.74) is 10.3. The van der Waals surface area contributed by atoms with E-state index in [0.29, 0.717) is 5.95 Å². The van der Waals surface area contributed by atoms with Gasteiger partial charge in [0.1, 0.15) is 0 Å². The average Bonchev–Trinajstić information content (AvgIpc) is 2.68. The molecule has 0 atom stereocenters. The lowest BCUT2D eigenvalue weighted by Crippen LogP contribution is -1.98. The molecule has 2 heterocycles. The molecule has 0 saturated carbocycles. The zero-order chi connectivity index (χ0) is 11.8. The van der Waals surface area contributed by atoms with Gasteiger partial charge >= 0.3 is 0 Å². The highest BCUT2D eigenvalue weighted by Crippen LogP contribution is 2.33. The van der Waals surface area contributed by atoms with Gasteiger partial charge in [-0.25, -0.2) is 4.98 Å². The number of hydrogen-bond acceptors (Lipinski definition) is 3. The lowest BCUT2D eigenvalue weighted by atomic mass is 10.0. The van der Waals surface area contributed by atoms with E-state index in [4.69, 9.17) is 5.73 Å². The predicted molar refractivity (Wildman–Crippen MR) is 72.2 cm³/mol. The fourth-order valence-electron chi connectivity index (χ4n) is 2.27. The van der Waals surface area contributed by atoms with Gasteiger partial charge in [0.05, 0.1) is 5.69 Å². The molecule has 3 nitrogen and oxygen atoms in total. The molecule has 0 bridgehead atoms. The molecule has 0 spiro atoms. The van der Waals surface area contributed by atoms with Crippen LogP contribution in [0.2, 0.25) is 0 Å². The summed E-state index contributed by atoms with van der Waals surface area (Å²) in [6, 6.07) is 6.60. The number of benzene rings is 1. The number of nitrogen functional groups attached to an aromatic ring is 1. The lowest BCUT2D eigenvalue weighted by molar-refractivity contribution is 0.890. The normalized spacial score (nSPS) is 14.6. The van der Waals surface area contributed by atoms with Crippen LogP contribution in [-0.2, 0) is 6.42 Å². The minimum Gasteiger partial charge on any atom is -0.369 e. The van der Waals surface area contributed by atoms with Crippen molar-refractivity contribution in [2.75, 3.05) is 11.5 Å². The van der Waals surface area contributed by atoms with E-state index in [1.54, 1.807) is 0 Å². The van der Waals surface area contributed by atoms with Crippen molar-refractivity contribution in [1.82, 2.24) is 9.97 Å². The van der Waals surface area contributed by atoms with Crippen molar-refractivity contribution in [2.24, 2.45) is 0 Å². The fourth-order valence-corrected chi connectivity index (χ4v) is 3.29. The van der Waals surface area contributed by atoms with Crippen molar-refractivity contribution in [3.8, 4) is 11.3 Å². The van der Waals surface area contributed by atoms with E-state index in [-0.39, 0.29) is 0 Å². The highest BCUT2D eigenvalue weighted by Gasteiger charge is 2.13. The first-order valence-corrected chi connectivity index (χ1v) is 6.81. The molecule has 88 valence electrons. The van der Waals surface area contributed by atoms with Crippen LogP contribution in [0.4, 0.5) is 5.95 Å². The third-order valence-corrected chi connectivity index (χ3v) is 4.29. The molecule has 17 heavy (non-hydrogen) atoms. The van der Waals surface area contributed by atoms with E-state index < -0.39 is 0 Å². The molecule has 0 saturated heterocycles. The Bertz CT molecular complexity index is 560. The highest BCUT2D eigenvalue weighted by molar-refractivity contribution is 7.99. The largest absolute Gasteiger partial charge is 0.369 e. The van der Waals surface area contributed by atoms with Gasteiger partial charge in [0.15, 0.2) is 5.95 Å². The van der Waals surface area contributed by atoms with Gasteiger partial charge in [0, 0.05) is 16.2 Å². The lowest BCUT2D eigenvalue weighted by Gasteiger charge is -2.15. The van der Waals surface area contributed by atoms with Crippen molar-refractivity contribution < 1.29 is 0 Å². The second-order valence-electron chi connectivity index (χ2n) is 4.37. The number of nitrogens with two attached hydrogens (primary N) is 1. The summed E-state index contributed by atoms with van der Waals surface area (Å²) < 4.78 is 0. The van der Waals surface area contributed by atoms with Crippen LogP contribution in [0.5, 0.6) is 0 Å². The van der Waals surface area contributed by atoms with Crippen LogP contribution in [0.25, 0.3) is 11.3 Å². The van der Waals surface area contributed by atoms with Gasteiger partial charge in [-0.05, 0) is 43.2 Å². The summed E-state index contributed by atoms with van der Waals surface area (Å²) in [7, 11) is 0. The monoisotopic (exact) mass is 245 g/mol. The first-order chi connectivity index (χ1) is 8.24. The maximum atomic E-state index is 5.68. The van der Waals surface area contributed by atoms with Gasteiger partial charge < -0.3 is 10.7 Å². The molecule has 0 unspecified atom stereocenters. The Morgan fingerprint density at radius 3 is 3.06 bits per heavy atom. The molecular weight excluding hydrogens is 230 g/mol. The molecule has 1 aliphatic rings. The molecule has 0 fully saturated rings. The summed E-state index contributed by atoms with van der Waals surface area (Å²) in [4.78, 5) is 8.81. The van der Waals surface area contributed by atoms with Crippen molar-refractivity contribution in [1.29, 1.82) is 0 Å². The Morgan fingerprint density at radius 1 is 1.41 bits per heavy atom.